The fourth-order valence-corrected chi connectivity index (χ4v) is 4.14. The Morgan fingerprint density at radius 2 is 2.07 bits per heavy atom. The predicted molar refractivity (Wildman–Crippen MR) is 112 cm³/mol. The Bertz CT molecular complexity index is 848. The van der Waals surface area contributed by atoms with Crippen LogP contribution in [0.15, 0.2) is 18.2 Å². The first-order chi connectivity index (χ1) is 13.1. The molecule has 0 amide bonds. The molecule has 28 heavy (non-hydrogen) atoms. The van der Waals surface area contributed by atoms with E-state index in [4.69, 9.17) is 13.9 Å². The number of aromatic nitrogens is 2. The van der Waals surface area contributed by atoms with E-state index in [0.717, 1.165) is 35.9 Å². The minimum absolute atomic E-state index is 0.0893. The summed E-state index contributed by atoms with van der Waals surface area (Å²) in [5.41, 5.74) is 1.20. The van der Waals surface area contributed by atoms with Gasteiger partial charge in [-0.15, -0.1) is 0 Å². The van der Waals surface area contributed by atoms with Gasteiger partial charge in [0.15, 0.2) is 11.9 Å². The van der Waals surface area contributed by atoms with Gasteiger partial charge >= 0.3 is 5.97 Å². The molecule has 1 aromatic heterocycles. The normalized spacial score (nSPS) is 18.3. The van der Waals surface area contributed by atoms with Gasteiger partial charge in [0.05, 0.1) is 12.1 Å². The maximum atomic E-state index is 12.5. The molecule has 1 atom stereocenters. The van der Waals surface area contributed by atoms with Crippen LogP contribution in [0.25, 0.3) is 10.9 Å². The van der Waals surface area contributed by atoms with Crippen LogP contribution in [0.2, 0.25) is 18.1 Å². The van der Waals surface area contributed by atoms with Crippen LogP contribution < -0.4 is 4.43 Å². The quantitative estimate of drug-likeness (QED) is 0.500. The van der Waals surface area contributed by atoms with Crippen molar-refractivity contribution in [1.82, 2.24) is 9.78 Å². The monoisotopic (exact) mass is 404 g/mol. The highest BCUT2D eigenvalue weighted by Gasteiger charge is 2.39. The average molecular weight is 405 g/mol. The first-order valence-corrected chi connectivity index (χ1v) is 13.0. The van der Waals surface area contributed by atoms with E-state index in [1.54, 1.807) is 6.92 Å². The summed E-state index contributed by atoms with van der Waals surface area (Å²) in [4.78, 5) is 12.5. The van der Waals surface area contributed by atoms with E-state index >= 15 is 0 Å². The lowest BCUT2D eigenvalue weighted by atomic mass is 10.1. The van der Waals surface area contributed by atoms with Gasteiger partial charge in [-0.2, -0.15) is 5.10 Å². The second-order valence-corrected chi connectivity index (χ2v) is 13.6. The fraction of sp³-hybridized carbons (Fsp3) is 0.619. The molecule has 6 nitrogen and oxygen atoms in total. The number of ether oxygens (including phenoxy) is 2. The number of benzene rings is 1. The number of nitrogens with zero attached hydrogens (tertiary/aromatic N) is 2. The highest BCUT2D eigenvalue weighted by Crippen LogP contribution is 2.38. The third-order valence-electron chi connectivity index (χ3n) is 5.75. The van der Waals surface area contributed by atoms with Crippen molar-refractivity contribution < 1.29 is 18.7 Å². The Labute approximate surface area is 168 Å². The maximum absolute atomic E-state index is 12.5. The van der Waals surface area contributed by atoms with Crippen LogP contribution in [0.5, 0.6) is 5.75 Å². The van der Waals surface area contributed by atoms with E-state index in [-0.39, 0.29) is 11.3 Å². The van der Waals surface area contributed by atoms with Crippen LogP contribution in [-0.4, -0.2) is 37.3 Å². The Balaban J connectivity index is 2.04. The molecule has 0 aliphatic carbocycles. The van der Waals surface area contributed by atoms with Crippen molar-refractivity contribution >= 4 is 25.2 Å². The van der Waals surface area contributed by atoms with E-state index in [1.165, 1.54) is 0 Å². The summed E-state index contributed by atoms with van der Waals surface area (Å²) in [6, 6.07) is 5.87. The van der Waals surface area contributed by atoms with Gasteiger partial charge in [0, 0.05) is 12.0 Å². The van der Waals surface area contributed by atoms with Crippen molar-refractivity contribution in [3.05, 3.63) is 23.9 Å². The molecule has 1 saturated heterocycles. The molecule has 0 radical (unpaired) electrons. The number of carbonyl (C=O) groups is 1. The molecular weight excluding hydrogens is 372 g/mol. The largest absolute Gasteiger partial charge is 0.543 e. The van der Waals surface area contributed by atoms with E-state index < -0.39 is 14.3 Å². The van der Waals surface area contributed by atoms with Gasteiger partial charge in [-0.1, -0.05) is 20.8 Å². The molecule has 0 spiro atoms. The molecule has 1 unspecified atom stereocenters. The molecular formula is C21H32N2O4Si. The van der Waals surface area contributed by atoms with Gasteiger partial charge in [-0.25, -0.2) is 9.48 Å². The topological polar surface area (TPSA) is 62.6 Å². The first-order valence-electron chi connectivity index (χ1n) is 10.1. The summed E-state index contributed by atoms with van der Waals surface area (Å²) in [5.74, 6) is 0.361. The van der Waals surface area contributed by atoms with Crippen molar-refractivity contribution in [3.8, 4) is 5.75 Å². The summed E-state index contributed by atoms with van der Waals surface area (Å²) < 4.78 is 19.4. The molecule has 2 aromatic rings. The van der Waals surface area contributed by atoms with Crippen molar-refractivity contribution in [2.24, 2.45) is 0 Å². The minimum atomic E-state index is -1.99. The number of rotatable bonds is 5. The number of carbonyl (C=O) groups excluding carboxylic acids is 1. The van der Waals surface area contributed by atoms with E-state index in [1.807, 2.05) is 22.9 Å². The summed E-state index contributed by atoms with van der Waals surface area (Å²) in [5, 5.41) is 5.43. The van der Waals surface area contributed by atoms with Crippen molar-refractivity contribution in [2.75, 3.05) is 13.2 Å². The zero-order chi connectivity index (χ0) is 20.5. The standard InChI is InChI=1S/C21H32N2O4Si/c1-7-25-20(24)19-16-14-15(27-28(5,6)21(2,3)4)11-12-17(16)23(22-19)18-10-8-9-13-26-18/h11-12,14,18H,7-10,13H2,1-6H3. The summed E-state index contributed by atoms with van der Waals surface area (Å²) >= 11 is 0. The van der Waals surface area contributed by atoms with Crippen LogP contribution in [0, 0.1) is 0 Å². The summed E-state index contributed by atoms with van der Waals surface area (Å²) in [6.07, 6.45) is 2.89. The second kappa shape index (κ2) is 7.87. The Hall–Kier alpha value is -1.86. The smallest absolute Gasteiger partial charge is 0.359 e. The predicted octanol–water partition coefficient (Wildman–Crippen LogP) is 5.30. The molecule has 0 bridgehead atoms. The van der Waals surface area contributed by atoms with Gasteiger partial charge in [-0.05, 0) is 62.5 Å². The number of esters is 1. The lowest BCUT2D eigenvalue weighted by Crippen LogP contribution is -2.43. The molecule has 3 rings (SSSR count). The van der Waals surface area contributed by atoms with Gasteiger partial charge in [0.25, 0.3) is 0 Å². The third kappa shape index (κ3) is 4.10. The number of hydrogen-bond donors (Lipinski definition) is 0. The summed E-state index contributed by atoms with van der Waals surface area (Å²) in [7, 11) is -1.99. The lowest BCUT2D eigenvalue weighted by molar-refractivity contribution is -0.0369. The zero-order valence-corrected chi connectivity index (χ0v) is 18.9. The molecule has 2 heterocycles. The first kappa shape index (κ1) is 20.9. The van der Waals surface area contributed by atoms with E-state index in [0.29, 0.717) is 18.9 Å². The van der Waals surface area contributed by atoms with Crippen LogP contribution >= 0.6 is 0 Å². The second-order valence-electron chi connectivity index (χ2n) is 8.88. The molecule has 154 valence electrons. The highest BCUT2D eigenvalue weighted by atomic mass is 28.4. The van der Waals surface area contributed by atoms with Crippen molar-refractivity contribution in [3.63, 3.8) is 0 Å². The highest BCUT2D eigenvalue weighted by molar-refractivity contribution is 6.74. The molecule has 1 fully saturated rings. The third-order valence-corrected chi connectivity index (χ3v) is 10.1. The molecule has 7 heteroatoms. The SMILES string of the molecule is CCOC(=O)c1nn(C2CCCCO2)c2ccc(O[Si](C)(C)C(C)(C)C)cc12. The van der Waals surface area contributed by atoms with Crippen molar-refractivity contribution in [1.29, 1.82) is 0 Å². The fourth-order valence-electron chi connectivity index (χ4n) is 3.12. The Kier molecular flexibility index (Phi) is 5.86. The van der Waals surface area contributed by atoms with Gasteiger partial charge in [0.2, 0.25) is 8.32 Å². The Morgan fingerprint density at radius 3 is 2.68 bits per heavy atom. The van der Waals surface area contributed by atoms with Gasteiger partial charge < -0.3 is 13.9 Å². The lowest BCUT2D eigenvalue weighted by Gasteiger charge is -2.36. The number of fused-ring (bicyclic) bond motifs is 1. The molecule has 1 aliphatic rings. The molecule has 0 saturated carbocycles. The van der Waals surface area contributed by atoms with Gasteiger partial charge in [-0.3, -0.25) is 0 Å². The molecule has 0 N–H and O–H groups in total. The van der Waals surface area contributed by atoms with E-state index in [2.05, 4.69) is 39.0 Å². The van der Waals surface area contributed by atoms with Crippen LogP contribution in [0.4, 0.5) is 0 Å². The summed E-state index contributed by atoms with van der Waals surface area (Å²) in [6.45, 7) is 13.9. The molecule has 1 aromatic carbocycles. The zero-order valence-electron chi connectivity index (χ0n) is 17.9. The Morgan fingerprint density at radius 1 is 1.32 bits per heavy atom. The minimum Gasteiger partial charge on any atom is -0.543 e. The van der Waals surface area contributed by atoms with E-state index in [9.17, 15) is 4.79 Å². The van der Waals surface area contributed by atoms with Crippen LogP contribution in [-0.2, 0) is 9.47 Å². The average Bonchev–Trinajstić information content (AvgIpc) is 3.00. The van der Waals surface area contributed by atoms with Crippen LogP contribution in [0.3, 0.4) is 0 Å². The number of hydrogen-bond acceptors (Lipinski definition) is 5. The van der Waals surface area contributed by atoms with Crippen LogP contribution in [0.1, 0.15) is 63.7 Å². The molecule has 1 aliphatic heterocycles. The van der Waals surface area contributed by atoms with Gasteiger partial charge in [0.1, 0.15) is 5.75 Å². The van der Waals surface area contributed by atoms with Crippen molar-refractivity contribution in [2.45, 2.75) is 71.3 Å². The maximum Gasteiger partial charge on any atom is 0.359 e.